The lowest BCUT2D eigenvalue weighted by Gasteiger charge is -1.96. The molecule has 0 atom stereocenters. The summed E-state index contributed by atoms with van der Waals surface area (Å²) in [6, 6.07) is 17.6. The fraction of sp³-hybridized carbons (Fsp3) is 0.263. The van der Waals surface area contributed by atoms with Crippen molar-refractivity contribution in [1.29, 1.82) is 0 Å². The second-order valence-corrected chi connectivity index (χ2v) is 5.11. The van der Waals surface area contributed by atoms with E-state index in [1.165, 1.54) is 11.1 Å². The number of ketones is 2. The molecule has 0 aliphatic rings. The van der Waals surface area contributed by atoms with Gasteiger partial charge in [-0.1, -0.05) is 60.2 Å². The summed E-state index contributed by atoms with van der Waals surface area (Å²) in [6.07, 6.45) is 1.53. The Kier molecular flexibility index (Phi) is 7.10. The predicted octanol–water partition coefficient (Wildman–Crippen LogP) is 4.41. The molecule has 0 aromatic heterocycles. The Morgan fingerprint density at radius 2 is 1.43 bits per heavy atom. The second kappa shape index (κ2) is 8.85. The first-order valence-corrected chi connectivity index (χ1v) is 7.10. The molecule has 0 aliphatic heterocycles. The summed E-state index contributed by atoms with van der Waals surface area (Å²) in [7, 11) is 0. The van der Waals surface area contributed by atoms with Gasteiger partial charge in [-0.25, -0.2) is 0 Å². The zero-order valence-electron chi connectivity index (χ0n) is 12.9. The van der Waals surface area contributed by atoms with E-state index in [1.807, 2.05) is 61.5 Å². The van der Waals surface area contributed by atoms with E-state index in [4.69, 9.17) is 0 Å². The molecule has 0 fully saturated rings. The molecular formula is C19H22O2. The van der Waals surface area contributed by atoms with Crippen LogP contribution in [-0.4, -0.2) is 11.6 Å². The highest BCUT2D eigenvalue weighted by atomic mass is 16.1. The van der Waals surface area contributed by atoms with Gasteiger partial charge in [0.2, 0.25) is 0 Å². The quantitative estimate of drug-likeness (QED) is 0.779. The maximum absolute atomic E-state index is 10.8. The molecule has 2 heteroatoms. The number of carbonyl (C=O) groups excluding carboxylic acids is 2. The Balaban J connectivity index is 0.000000211. The number of aryl methyl sites for hydroxylation is 2. The van der Waals surface area contributed by atoms with E-state index in [0.717, 1.165) is 12.0 Å². The van der Waals surface area contributed by atoms with Gasteiger partial charge in [0.05, 0.1) is 0 Å². The van der Waals surface area contributed by atoms with Crippen molar-refractivity contribution in [3.63, 3.8) is 0 Å². The third-order valence-electron chi connectivity index (χ3n) is 3.07. The molecule has 110 valence electrons. The highest BCUT2D eigenvalue weighted by Gasteiger charge is 1.95. The summed E-state index contributed by atoms with van der Waals surface area (Å²) in [4.78, 5) is 21.4. The molecule has 0 amide bonds. The van der Waals surface area contributed by atoms with Crippen LogP contribution in [0.1, 0.15) is 41.8 Å². The van der Waals surface area contributed by atoms with Crippen molar-refractivity contribution >= 4 is 11.6 Å². The van der Waals surface area contributed by atoms with Crippen molar-refractivity contribution in [2.24, 2.45) is 0 Å². The summed E-state index contributed by atoms with van der Waals surface area (Å²) in [5, 5.41) is 0. The van der Waals surface area contributed by atoms with Crippen LogP contribution in [0.3, 0.4) is 0 Å². The van der Waals surface area contributed by atoms with E-state index in [0.29, 0.717) is 6.42 Å². The van der Waals surface area contributed by atoms with E-state index < -0.39 is 0 Å². The van der Waals surface area contributed by atoms with Gasteiger partial charge >= 0.3 is 0 Å². The number of hydrogen-bond acceptors (Lipinski definition) is 2. The van der Waals surface area contributed by atoms with Gasteiger partial charge in [-0.05, 0) is 32.8 Å². The van der Waals surface area contributed by atoms with Gasteiger partial charge in [0.1, 0.15) is 5.78 Å². The minimum Gasteiger partial charge on any atom is -0.300 e. The molecule has 2 aromatic carbocycles. The molecular weight excluding hydrogens is 260 g/mol. The summed E-state index contributed by atoms with van der Waals surface area (Å²) in [5.41, 5.74) is 3.21. The Labute approximate surface area is 126 Å². The van der Waals surface area contributed by atoms with E-state index in [2.05, 4.69) is 0 Å². The molecule has 0 heterocycles. The minimum absolute atomic E-state index is 0.125. The molecule has 0 unspecified atom stereocenters. The van der Waals surface area contributed by atoms with Crippen molar-refractivity contribution < 1.29 is 9.59 Å². The van der Waals surface area contributed by atoms with E-state index in [1.54, 1.807) is 13.8 Å². The first kappa shape index (κ1) is 16.8. The summed E-state index contributed by atoms with van der Waals surface area (Å²) >= 11 is 0. The van der Waals surface area contributed by atoms with Crippen LogP contribution in [0.5, 0.6) is 0 Å². The number of benzene rings is 2. The molecule has 0 radical (unpaired) electrons. The minimum atomic E-state index is 0.125. The van der Waals surface area contributed by atoms with Crippen LogP contribution in [0.25, 0.3) is 0 Å². The number of hydrogen-bond donors (Lipinski definition) is 0. The van der Waals surface area contributed by atoms with Crippen molar-refractivity contribution in [1.82, 2.24) is 0 Å². The van der Waals surface area contributed by atoms with Crippen LogP contribution in [0, 0.1) is 6.92 Å². The van der Waals surface area contributed by atoms with Crippen molar-refractivity contribution in [2.45, 2.75) is 33.6 Å². The van der Waals surface area contributed by atoms with Gasteiger partial charge in [-0.2, -0.15) is 0 Å². The summed E-state index contributed by atoms with van der Waals surface area (Å²) in [6.45, 7) is 5.21. The Bertz CT molecular complexity index is 568. The van der Waals surface area contributed by atoms with Crippen molar-refractivity contribution in [2.75, 3.05) is 0 Å². The zero-order valence-corrected chi connectivity index (χ0v) is 12.9. The third kappa shape index (κ3) is 7.21. The van der Waals surface area contributed by atoms with Crippen LogP contribution in [0.15, 0.2) is 54.6 Å². The van der Waals surface area contributed by atoms with Gasteiger partial charge in [0.15, 0.2) is 5.78 Å². The van der Waals surface area contributed by atoms with Crippen LogP contribution < -0.4 is 0 Å². The first-order chi connectivity index (χ1) is 9.99. The summed E-state index contributed by atoms with van der Waals surface area (Å²) < 4.78 is 0. The van der Waals surface area contributed by atoms with E-state index in [-0.39, 0.29) is 11.6 Å². The average Bonchev–Trinajstić information content (AvgIpc) is 2.47. The molecule has 2 nitrogen and oxygen atoms in total. The molecule has 0 bridgehead atoms. The van der Waals surface area contributed by atoms with Gasteiger partial charge in [-0.15, -0.1) is 0 Å². The molecule has 0 saturated carbocycles. The van der Waals surface area contributed by atoms with Crippen LogP contribution in [0.4, 0.5) is 0 Å². The van der Waals surface area contributed by atoms with Crippen LogP contribution in [0.2, 0.25) is 0 Å². The largest absolute Gasteiger partial charge is 0.300 e. The van der Waals surface area contributed by atoms with Gasteiger partial charge in [0, 0.05) is 12.0 Å². The monoisotopic (exact) mass is 282 g/mol. The molecule has 0 saturated heterocycles. The Morgan fingerprint density at radius 3 is 1.90 bits per heavy atom. The van der Waals surface area contributed by atoms with Gasteiger partial charge in [0.25, 0.3) is 0 Å². The smallest absolute Gasteiger partial charge is 0.159 e. The Morgan fingerprint density at radius 1 is 0.857 bits per heavy atom. The fourth-order valence-corrected chi connectivity index (χ4v) is 1.75. The molecule has 0 N–H and O–H groups in total. The predicted molar refractivity (Wildman–Crippen MR) is 86.6 cm³/mol. The SMILES string of the molecule is CC(=O)CCc1ccccc1.CC(=O)c1ccc(C)cc1. The lowest BCUT2D eigenvalue weighted by molar-refractivity contribution is -0.116. The van der Waals surface area contributed by atoms with E-state index in [9.17, 15) is 9.59 Å². The third-order valence-corrected chi connectivity index (χ3v) is 3.07. The molecule has 0 spiro atoms. The van der Waals surface area contributed by atoms with Crippen LogP contribution in [-0.2, 0) is 11.2 Å². The molecule has 21 heavy (non-hydrogen) atoms. The number of rotatable bonds is 4. The lowest BCUT2D eigenvalue weighted by Crippen LogP contribution is -1.92. The van der Waals surface area contributed by atoms with Crippen LogP contribution >= 0.6 is 0 Å². The van der Waals surface area contributed by atoms with E-state index >= 15 is 0 Å². The number of Topliss-reactive ketones (excluding diaryl/α,β-unsaturated/α-hetero) is 2. The van der Waals surface area contributed by atoms with Crippen molar-refractivity contribution in [3.05, 3.63) is 71.3 Å². The lowest BCUT2D eigenvalue weighted by atomic mass is 10.1. The molecule has 0 aliphatic carbocycles. The highest BCUT2D eigenvalue weighted by Crippen LogP contribution is 2.03. The highest BCUT2D eigenvalue weighted by molar-refractivity contribution is 5.93. The maximum atomic E-state index is 10.8. The zero-order chi connectivity index (χ0) is 15.7. The topological polar surface area (TPSA) is 34.1 Å². The number of carbonyl (C=O) groups is 2. The first-order valence-electron chi connectivity index (χ1n) is 7.10. The maximum Gasteiger partial charge on any atom is 0.159 e. The second-order valence-electron chi connectivity index (χ2n) is 5.11. The van der Waals surface area contributed by atoms with Gasteiger partial charge in [-0.3, -0.25) is 4.79 Å². The van der Waals surface area contributed by atoms with Gasteiger partial charge < -0.3 is 4.79 Å². The molecule has 2 aromatic rings. The standard InChI is InChI=1S/C10H12O.C9H10O/c1-9(11)7-8-10-5-3-2-4-6-10;1-7-3-5-9(6-4-7)8(2)10/h2-6H,7-8H2,1H3;3-6H,1-2H3. The van der Waals surface area contributed by atoms with Crippen molar-refractivity contribution in [3.8, 4) is 0 Å². The fourth-order valence-electron chi connectivity index (χ4n) is 1.75. The average molecular weight is 282 g/mol. The normalized spacial score (nSPS) is 9.48. The Hall–Kier alpha value is -2.22. The molecule has 2 rings (SSSR count). The summed E-state index contributed by atoms with van der Waals surface area (Å²) in [5.74, 6) is 0.383.